The van der Waals surface area contributed by atoms with Crippen molar-refractivity contribution in [3.63, 3.8) is 0 Å². The Hall–Kier alpha value is -2.56. The first kappa shape index (κ1) is 16.8. The number of carbonyl (C=O) groups is 1. The molecule has 23 heavy (non-hydrogen) atoms. The van der Waals surface area contributed by atoms with Gasteiger partial charge in [0.1, 0.15) is 5.75 Å². The molecule has 0 aliphatic rings. The molecular formula is C18H23N3O2. The van der Waals surface area contributed by atoms with Crippen LogP contribution >= 0.6 is 0 Å². The number of hydrogen-bond acceptors (Lipinski definition) is 4. The normalized spacial score (nSPS) is 11.6. The molecule has 1 heterocycles. The highest BCUT2D eigenvalue weighted by Crippen LogP contribution is 2.19. The van der Waals surface area contributed by atoms with Gasteiger partial charge in [0, 0.05) is 30.5 Å². The lowest BCUT2D eigenvalue weighted by atomic mass is 10.2. The number of nitrogens with one attached hydrogen (secondary N) is 2. The Bertz CT molecular complexity index is 658. The third kappa shape index (κ3) is 4.71. The van der Waals surface area contributed by atoms with Crippen molar-refractivity contribution in [1.29, 1.82) is 0 Å². The van der Waals surface area contributed by atoms with Crippen LogP contribution in [0.25, 0.3) is 0 Å². The van der Waals surface area contributed by atoms with Crippen LogP contribution in [0.4, 0.5) is 5.69 Å². The molecule has 0 saturated heterocycles. The Labute approximate surface area is 137 Å². The van der Waals surface area contributed by atoms with Crippen LogP contribution in [-0.2, 0) is 6.54 Å². The van der Waals surface area contributed by atoms with Crippen molar-refractivity contribution >= 4 is 11.6 Å². The molecule has 0 radical (unpaired) electrons. The highest BCUT2D eigenvalue weighted by atomic mass is 16.5. The zero-order chi connectivity index (χ0) is 16.7. The van der Waals surface area contributed by atoms with E-state index in [0.29, 0.717) is 12.1 Å². The summed E-state index contributed by atoms with van der Waals surface area (Å²) in [5.41, 5.74) is 2.40. The van der Waals surface area contributed by atoms with Crippen molar-refractivity contribution in [3.8, 4) is 5.75 Å². The number of ether oxygens (including phenoxy) is 1. The fourth-order valence-corrected chi connectivity index (χ4v) is 2.12. The first-order valence-corrected chi connectivity index (χ1v) is 7.75. The molecule has 1 unspecified atom stereocenters. The summed E-state index contributed by atoms with van der Waals surface area (Å²) in [6.07, 6.45) is 4.17. The summed E-state index contributed by atoms with van der Waals surface area (Å²) in [5, 5.41) is 6.21. The fraction of sp³-hybridized carbons (Fsp3) is 0.333. The molecule has 1 aromatic heterocycles. The Morgan fingerprint density at radius 2 is 2.09 bits per heavy atom. The van der Waals surface area contributed by atoms with Crippen LogP contribution in [0.15, 0.2) is 42.7 Å². The van der Waals surface area contributed by atoms with Crippen LogP contribution in [0.2, 0.25) is 0 Å². The lowest BCUT2D eigenvalue weighted by Crippen LogP contribution is -2.32. The maximum Gasteiger partial charge on any atom is 0.253 e. The standard InChI is InChI=1S/C18H23N3O2/c1-4-13(2)21-18(22)15-9-16(12-19-10-15)20-11-14-7-5-6-8-17(14)23-3/h5-10,12-13,20H,4,11H2,1-3H3,(H,21,22). The van der Waals surface area contributed by atoms with Gasteiger partial charge in [-0.3, -0.25) is 9.78 Å². The SMILES string of the molecule is CCC(C)NC(=O)c1cncc(NCc2ccccc2OC)c1. The number of carbonyl (C=O) groups excluding carboxylic acids is 1. The van der Waals surface area contributed by atoms with Crippen LogP contribution < -0.4 is 15.4 Å². The Morgan fingerprint density at radius 1 is 1.30 bits per heavy atom. The lowest BCUT2D eigenvalue weighted by Gasteiger charge is -2.13. The molecule has 0 spiro atoms. The van der Waals surface area contributed by atoms with E-state index in [1.165, 1.54) is 0 Å². The molecule has 122 valence electrons. The molecule has 0 aliphatic carbocycles. The van der Waals surface area contributed by atoms with Crippen molar-refractivity contribution in [1.82, 2.24) is 10.3 Å². The molecule has 2 rings (SSSR count). The molecule has 2 N–H and O–H groups in total. The highest BCUT2D eigenvalue weighted by molar-refractivity contribution is 5.94. The van der Waals surface area contributed by atoms with Crippen molar-refractivity contribution in [2.75, 3.05) is 12.4 Å². The van der Waals surface area contributed by atoms with Crippen molar-refractivity contribution in [2.45, 2.75) is 32.9 Å². The maximum atomic E-state index is 12.1. The predicted octanol–water partition coefficient (Wildman–Crippen LogP) is 3.23. The van der Waals surface area contributed by atoms with Gasteiger partial charge < -0.3 is 15.4 Å². The van der Waals surface area contributed by atoms with E-state index < -0.39 is 0 Å². The van der Waals surface area contributed by atoms with Crippen molar-refractivity contribution in [2.24, 2.45) is 0 Å². The van der Waals surface area contributed by atoms with E-state index in [2.05, 4.69) is 15.6 Å². The summed E-state index contributed by atoms with van der Waals surface area (Å²) < 4.78 is 5.33. The molecular weight excluding hydrogens is 290 g/mol. The van der Waals surface area contributed by atoms with Crippen LogP contribution in [0.5, 0.6) is 5.75 Å². The zero-order valence-electron chi connectivity index (χ0n) is 13.8. The number of nitrogens with zero attached hydrogens (tertiary/aromatic N) is 1. The van der Waals surface area contributed by atoms with Gasteiger partial charge in [0.05, 0.1) is 18.4 Å². The van der Waals surface area contributed by atoms with Gasteiger partial charge in [-0.2, -0.15) is 0 Å². The van der Waals surface area contributed by atoms with Crippen molar-refractivity contribution in [3.05, 3.63) is 53.9 Å². The summed E-state index contributed by atoms with van der Waals surface area (Å²) in [5.74, 6) is 0.728. The number of methoxy groups -OCH3 is 1. The molecule has 1 aromatic carbocycles. The van der Waals surface area contributed by atoms with Crippen LogP contribution in [0.1, 0.15) is 36.2 Å². The predicted molar refractivity (Wildman–Crippen MR) is 91.8 cm³/mol. The number of pyridine rings is 1. The molecule has 0 bridgehead atoms. The van der Waals surface area contributed by atoms with Gasteiger partial charge in [-0.1, -0.05) is 25.1 Å². The molecule has 1 atom stereocenters. The second kappa shape index (κ2) is 8.17. The third-order valence-corrected chi connectivity index (χ3v) is 3.67. The number of anilines is 1. The van der Waals surface area contributed by atoms with E-state index in [0.717, 1.165) is 23.4 Å². The molecule has 0 saturated carbocycles. The third-order valence-electron chi connectivity index (χ3n) is 3.67. The van der Waals surface area contributed by atoms with Gasteiger partial charge in [0.15, 0.2) is 0 Å². The summed E-state index contributed by atoms with van der Waals surface area (Å²) >= 11 is 0. The van der Waals surface area contributed by atoms with E-state index in [-0.39, 0.29) is 11.9 Å². The molecule has 2 aromatic rings. The smallest absolute Gasteiger partial charge is 0.253 e. The Morgan fingerprint density at radius 3 is 2.83 bits per heavy atom. The van der Waals surface area contributed by atoms with Crippen LogP contribution in [0, 0.1) is 0 Å². The average molecular weight is 313 g/mol. The van der Waals surface area contributed by atoms with Crippen LogP contribution in [-0.4, -0.2) is 24.0 Å². The zero-order valence-corrected chi connectivity index (χ0v) is 13.8. The Balaban J connectivity index is 2.04. The molecule has 0 aliphatic heterocycles. The minimum absolute atomic E-state index is 0.104. The minimum atomic E-state index is -0.104. The molecule has 1 amide bonds. The van der Waals surface area contributed by atoms with E-state index >= 15 is 0 Å². The summed E-state index contributed by atoms with van der Waals surface area (Å²) in [4.78, 5) is 16.3. The first-order valence-electron chi connectivity index (χ1n) is 7.75. The largest absolute Gasteiger partial charge is 0.496 e. The first-order chi connectivity index (χ1) is 11.1. The average Bonchev–Trinajstić information content (AvgIpc) is 2.60. The molecule has 0 fully saturated rings. The number of benzene rings is 1. The number of amides is 1. The number of hydrogen-bond donors (Lipinski definition) is 2. The topological polar surface area (TPSA) is 63.2 Å². The van der Waals surface area contributed by atoms with E-state index in [1.807, 2.05) is 38.1 Å². The van der Waals surface area contributed by atoms with Gasteiger partial charge in [-0.15, -0.1) is 0 Å². The van der Waals surface area contributed by atoms with Gasteiger partial charge in [0.25, 0.3) is 5.91 Å². The maximum absolute atomic E-state index is 12.1. The Kier molecular flexibility index (Phi) is 5.97. The van der Waals surface area contributed by atoms with Gasteiger partial charge in [-0.25, -0.2) is 0 Å². The quantitative estimate of drug-likeness (QED) is 0.824. The minimum Gasteiger partial charge on any atom is -0.496 e. The summed E-state index contributed by atoms with van der Waals surface area (Å²) in [6.45, 7) is 4.62. The summed E-state index contributed by atoms with van der Waals surface area (Å²) in [7, 11) is 1.65. The second-order valence-corrected chi connectivity index (χ2v) is 5.41. The van der Waals surface area contributed by atoms with E-state index in [9.17, 15) is 4.79 Å². The number of para-hydroxylation sites is 1. The molecule has 5 heteroatoms. The molecule has 5 nitrogen and oxygen atoms in total. The van der Waals surface area contributed by atoms with Gasteiger partial charge in [0.2, 0.25) is 0 Å². The van der Waals surface area contributed by atoms with Crippen molar-refractivity contribution < 1.29 is 9.53 Å². The second-order valence-electron chi connectivity index (χ2n) is 5.41. The van der Waals surface area contributed by atoms with Gasteiger partial charge >= 0.3 is 0 Å². The summed E-state index contributed by atoms with van der Waals surface area (Å²) in [6, 6.07) is 9.77. The monoisotopic (exact) mass is 313 g/mol. The van der Waals surface area contributed by atoms with E-state index in [1.54, 1.807) is 25.6 Å². The van der Waals surface area contributed by atoms with E-state index in [4.69, 9.17) is 4.74 Å². The lowest BCUT2D eigenvalue weighted by molar-refractivity contribution is 0.0939. The number of rotatable bonds is 7. The van der Waals surface area contributed by atoms with Gasteiger partial charge in [-0.05, 0) is 25.5 Å². The fourth-order valence-electron chi connectivity index (χ4n) is 2.12. The van der Waals surface area contributed by atoms with Crippen LogP contribution in [0.3, 0.4) is 0 Å². The number of aromatic nitrogens is 1. The highest BCUT2D eigenvalue weighted by Gasteiger charge is 2.10.